The third kappa shape index (κ3) is 5.56. The Morgan fingerprint density at radius 3 is 2.73 bits per heavy atom. The molecule has 6 nitrogen and oxygen atoms in total. The molecule has 2 heterocycles. The fraction of sp³-hybridized carbons (Fsp3) is 0.391. The molecular weight excluding hydrogens is 455 g/mol. The van der Waals surface area contributed by atoms with E-state index in [0.717, 1.165) is 34.9 Å². The molecular formula is C23H24F3N3O3S. The largest absolute Gasteiger partial charge is 0.482 e. The zero-order chi connectivity index (χ0) is 23.8. The van der Waals surface area contributed by atoms with Gasteiger partial charge in [-0.1, -0.05) is 17.4 Å². The summed E-state index contributed by atoms with van der Waals surface area (Å²) in [5, 5.41) is 9.56. The van der Waals surface area contributed by atoms with Crippen molar-refractivity contribution in [3.63, 3.8) is 0 Å². The number of halogens is 3. The first-order valence-corrected chi connectivity index (χ1v) is 11.3. The van der Waals surface area contributed by atoms with Crippen molar-refractivity contribution in [2.45, 2.75) is 32.6 Å². The molecule has 2 aromatic carbocycles. The van der Waals surface area contributed by atoms with E-state index in [0.29, 0.717) is 35.6 Å². The standard InChI is InChI=1S/C23H24F3N3O3S/c1-14-7-16(9-18(8-14)32-13-21(30)31)12-28-5-6-29(11-15(28)2)22-27-19-4-3-17(23(24,25)26)10-20(19)33-22/h3-4,7-10,15H,5-6,11-13H2,1-2H3,(H,30,31). The first-order chi connectivity index (χ1) is 15.6. The summed E-state index contributed by atoms with van der Waals surface area (Å²) in [6.07, 6.45) is -4.37. The fourth-order valence-electron chi connectivity index (χ4n) is 4.01. The molecule has 176 valence electrons. The van der Waals surface area contributed by atoms with Crippen molar-refractivity contribution in [2.75, 3.05) is 31.1 Å². The molecule has 10 heteroatoms. The van der Waals surface area contributed by atoms with Gasteiger partial charge in [0.15, 0.2) is 11.7 Å². The Morgan fingerprint density at radius 2 is 2.03 bits per heavy atom. The monoisotopic (exact) mass is 479 g/mol. The number of hydrogen-bond donors (Lipinski definition) is 1. The lowest BCUT2D eigenvalue weighted by molar-refractivity contribution is -0.139. The Bertz CT molecular complexity index is 1160. The van der Waals surface area contributed by atoms with Gasteiger partial charge in [0, 0.05) is 32.2 Å². The van der Waals surface area contributed by atoms with Crippen LogP contribution < -0.4 is 9.64 Å². The van der Waals surface area contributed by atoms with Crippen LogP contribution in [0.5, 0.6) is 5.75 Å². The van der Waals surface area contributed by atoms with E-state index in [9.17, 15) is 18.0 Å². The lowest BCUT2D eigenvalue weighted by Gasteiger charge is -2.39. The van der Waals surface area contributed by atoms with Gasteiger partial charge in [-0.05, 0) is 55.3 Å². The number of nitrogens with zero attached hydrogens (tertiary/aromatic N) is 3. The van der Waals surface area contributed by atoms with Crippen LogP contribution in [0, 0.1) is 6.92 Å². The van der Waals surface area contributed by atoms with Crippen molar-refractivity contribution in [2.24, 2.45) is 0 Å². The molecule has 1 atom stereocenters. The lowest BCUT2D eigenvalue weighted by Crippen LogP contribution is -2.51. The number of carbonyl (C=O) groups is 1. The maximum atomic E-state index is 13.0. The Kier molecular flexibility index (Phi) is 6.49. The van der Waals surface area contributed by atoms with Crippen molar-refractivity contribution in [1.29, 1.82) is 0 Å². The highest BCUT2D eigenvalue weighted by molar-refractivity contribution is 7.22. The second-order valence-corrected chi connectivity index (χ2v) is 9.29. The highest BCUT2D eigenvalue weighted by atomic mass is 32.1. The van der Waals surface area contributed by atoms with E-state index in [4.69, 9.17) is 9.84 Å². The van der Waals surface area contributed by atoms with Gasteiger partial charge in [0.25, 0.3) is 0 Å². The topological polar surface area (TPSA) is 65.9 Å². The number of ether oxygens (including phenoxy) is 1. The number of carboxylic acids is 1. The van der Waals surface area contributed by atoms with Gasteiger partial charge in [-0.25, -0.2) is 9.78 Å². The molecule has 0 aliphatic carbocycles. The zero-order valence-corrected chi connectivity index (χ0v) is 19.0. The number of alkyl halides is 3. The minimum absolute atomic E-state index is 0.195. The Morgan fingerprint density at radius 1 is 1.24 bits per heavy atom. The number of piperazine rings is 1. The third-order valence-electron chi connectivity index (χ3n) is 5.60. The lowest BCUT2D eigenvalue weighted by atomic mass is 10.1. The summed E-state index contributed by atoms with van der Waals surface area (Å²) in [5.41, 5.74) is 1.95. The smallest absolute Gasteiger partial charge is 0.416 e. The molecule has 33 heavy (non-hydrogen) atoms. The SMILES string of the molecule is Cc1cc(CN2CCN(c3nc4ccc(C(F)(F)F)cc4s3)CC2C)cc(OCC(=O)O)c1. The number of benzene rings is 2. The van der Waals surface area contributed by atoms with E-state index in [2.05, 4.69) is 27.8 Å². The van der Waals surface area contributed by atoms with Crippen LogP contribution in [0.1, 0.15) is 23.6 Å². The summed E-state index contributed by atoms with van der Waals surface area (Å²) in [6, 6.07) is 9.59. The number of rotatable bonds is 6. The summed E-state index contributed by atoms with van der Waals surface area (Å²) >= 11 is 1.28. The van der Waals surface area contributed by atoms with Crippen LogP contribution in [0.2, 0.25) is 0 Å². The number of aryl methyl sites for hydroxylation is 1. The normalized spacial score (nSPS) is 17.5. The average Bonchev–Trinajstić information content (AvgIpc) is 3.16. The Hall–Kier alpha value is -2.85. The van der Waals surface area contributed by atoms with E-state index in [-0.39, 0.29) is 12.6 Å². The second-order valence-electron chi connectivity index (χ2n) is 8.28. The summed E-state index contributed by atoms with van der Waals surface area (Å²) in [5.74, 6) is -0.487. The van der Waals surface area contributed by atoms with E-state index < -0.39 is 17.7 Å². The molecule has 0 bridgehead atoms. The highest BCUT2D eigenvalue weighted by Crippen LogP contribution is 2.36. The van der Waals surface area contributed by atoms with Gasteiger partial charge >= 0.3 is 12.1 Å². The average molecular weight is 480 g/mol. The van der Waals surface area contributed by atoms with Crippen LogP contribution in [0.4, 0.5) is 18.3 Å². The molecule has 0 saturated carbocycles. The minimum Gasteiger partial charge on any atom is -0.482 e. The number of aromatic nitrogens is 1. The molecule has 4 rings (SSSR count). The van der Waals surface area contributed by atoms with Crippen molar-refractivity contribution >= 4 is 32.7 Å². The second kappa shape index (κ2) is 9.18. The molecule has 1 N–H and O–H groups in total. The Balaban J connectivity index is 1.43. The van der Waals surface area contributed by atoms with Gasteiger partial charge in [0.1, 0.15) is 5.75 Å². The van der Waals surface area contributed by atoms with Gasteiger partial charge in [-0.15, -0.1) is 0 Å². The highest BCUT2D eigenvalue weighted by Gasteiger charge is 2.31. The molecule has 1 unspecified atom stereocenters. The predicted octanol–water partition coefficient (Wildman–Crippen LogP) is 4.80. The zero-order valence-electron chi connectivity index (χ0n) is 18.2. The van der Waals surface area contributed by atoms with Crippen molar-refractivity contribution in [3.8, 4) is 5.75 Å². The quantitative estimate of drug-likeness (QED) is 0.548. The van der Waals surface area contributed by atoms with E-state index in [1.165, 1.54) is 17.4 Å². The van der Waals surface area contributed by atoms with Crippen LogP contribution in [0.15, 0.2) is 36.4 Å². The first kappa shape index (κ1) is 23.3. The molecule has 1 saturated heterocycles. The maximum absolute atomic E-state index is 13.0. The maximum Gasteiger partial charge on any atom is 0.416 e. The number of carboxylic acid groups (broad SMARTS) is 1. The first-order valence-electron chi connectivity index (χ1n) is 10.5. The van der Waals surface area contributed by atoms with E-state index in [1.807, 2.05) is 19.1 Å². The molecule has 1 aliphatic rings. The van der Waals surface area contributed by atoms with E-state index in [1.54, 1.807) is 0 Å². The van der Waals surface area contributed by atoms with Gasteiger partial charge in [-0.3, -0.25) is 4.90 Å². The summed E-state index contributed by atoms with van der Waals surface area (Å²) in [4.78, 5) is 19.8. The third-order valence-corrected chi connectivity index (χ3v) is 6.68. The summed E-state index contributed by atoms with van der Waals surface area (Å²) in [6.45, 7) is 6.54. The number of fused-ring (bicyclic) bond motifs is 1. The molecule has 0 amide bonds. The van der Waals surface area contributed by atoms with Crippen LogP contribution >= 0.6 is 11.3 Å². The van der Waals surface area contributed by atoms with Gasteiger partial charge in [0.05, 0.1) is 15.8 Å². The van der Waals surface area contributed by atoms with Gasteiger partial charge < -0.3 is 14.7 Å². The molecule has 1 fully saturated rings. The van der Waals surface area contributed by atoms with Crippen LogP contribution in [0.25, 0.3) is 10.2 Å². The summed E-state index contributed by atoms with van der Waals surface area (Å²) < 4.78 is 44.9. The minimum atomic E-state index is -4.37. The predicted molar refractivity (Wildman–Crippen MR) is 121 cm³/mol. The van der Waals surface area contributed by atoms with Crippen molar-refractivity contribution in [3.05, 3.63) is 53.1 Å². The molecule has 0 radical (unpaired) electrons. The molecule has 1 aromatic heterocycles. The molecule has 1 aliphatic heterocycles. The van der Waals surface area contributed by atoms with Crippen LogP contribution in [-0.4, -0.2) is 53.2 Å². The molecule has 3 aromatic rings. The van der Waals surface area contributed by atoms with Crippen LogP contribution in [-0.2, 0) is 17.5 Å². The van der Waals surface area contributed by atoms with Gasteiger partial charge in [0.2, 0.25) is 0 Å². The van der Waals surface area contributed by atoms with Gasteiger partial charge in [-0.2, -0.15) is 13.2 Å². The summed E-state index contributed by atoms with van der Waals surface area (Å²) in [7, 11) is 0. The van der Waals surface area contributed by atoms with Crippen molar-refractivity contribution < 1.29 is 27.8 Å². The fourth-order valence-corrected chi connectivity index (χ4v) is 5.05. The van der Waals surface area contributed by atoms with E-state index >= 15 is 0 Å². The number of hydrogen-bond acceptors (Lipinski definition) is 6. The number of aliphatic carboxylic acids is 1. The van der Waals surface area contributed by atoms with Crippen molar-refractivity contribution in [1.82, 2.24) is 9.88 Å². The van der Waals surface area contributed by atoms with Crippen LogP contribution in [0.3, 0.4) is 0 Å². The number of anilines is 1. The number of thiazole rings is 1. The Labute approximate surface area is 193 Å². The molecule has 0 spiro atoms.